The summed E-state index contributed by atoms with van der Waals surface area (Å²) in [4.78, 5) is 28.3. The Hall–Kier alpha value is -3.30. The van der Waals surface area contributed by atoms with Crippen LogP contribution in [0.3, 0.4) is 0 Å². The Labute approximate surface area is 217 Å². The first-order valence-corrected chi connectivity index (χ1v) is 12.4. The van der Waals surface area contributed by atoms with Gasteiger partial charge in [-0.1, -0.05) is 22.0 Å². The van der Waals surface area contributed by atoms with E-state index in [1.165, 1.54) is 12.0 Å². The van der Waals surface area contributed by atoms with E-state index in [1.807, 2.05) is 26.0 Å². The van der Waals surface area contributed by atoms with Crippen molar-refractivity contribution in [1.29, 1.82) is 0 Å². The van der Waals surface area contributed by atoms with E-state index < -0.39 is 23.5 Å². The molecule has 1 aliphatic heterocycles. The molecule has 1 amide bonds. The van der Waals surface area contributed by atoms with Crippen LogP contribution in [0.15, 0.2) is 62.7 Å². The van der Waals surface area contributed by atoms with Crippen molar-refractivity contribution in [3.63, 3.8) is 0 Å². The maximum absolute atomic E-state index is 13.7. The number of aliphatic hydroxyl groups is 1. The SMILES string of the molecule is COCCCN1C(=O)C(O)=C(C(=O)c2cc3cc(Br)ccc3o2)C1c1ccc(OC(C)C)c(OC)c1. The van der Waals surface area contributed by atoms with E-state index in [-0.39, 0.29) is 24.0 Å². The summed E-state index contributed by atoms with van der Waals surface area (Å²) < 4.78 is 23.1. The Kier molecular flexibility index (Phi) is 7.70. The molecule has 0 fully saturated rings. The number of halogens is 1. The number of benzene rings is 2. The van der Waals surface area contributed by atoms with Gasteiger partial charge in [0.05, 0.1) is 24.8 Å². The van der Waals surface area contributed by atoms with E-state index in [0.29, 0.717) is 35.7 Å². The number of Topliss-reactive ketones (excluding diaryl/α,β-unsaturated/α-hetero) is 1. The summed E-state index contributed by atoms with van der Waals surface area (Å²) in [7, 11) is 3.10. The van der Waals surface area contributed by atoms with Gasteiger partial charge in [0.25, 0.3) is 5.91 Å². The molecule has 0 spiro atoms. The van der Waals surface area contributed by atoms with E-state index in [0.717, 1.165) is 9.86 Å². The summed E-state index contributed by atoms with van der Waals surface area (Å²) in [6.07, 6.45) is 0.454. The lowest BCUT2D eigenvalue weighted by molar-refractivity contribution is -0.129. The lowest BCUT2D eigenvalue weighted by Gasteiger charge is -2.27. The average molecular weight is 558 g/mol. The molecule has 1 aliphatic rings. The highest BCUT2D eigenvalue weighted by Gasteiger charge is 2.44. The van der Waals surface area contributed by atoms with Gasteiger partial charge >= 0.3 is 0 Å². The highest BCUT2D eigenvalue weighted by Crippen LogP contribution is 2.42. The van der Waals surface area contributed by atoms with Crippen molar-refractivity contribution in [2.24, 2.45) is 0 Å². The molecular weight excluding hydrogens is 530 g/mol. The third kappa shape index (κ3) is 4.99. The summed E-state index contributed by atoms with van der Waals surface area (Å²) >= 11 is 3.41. The number of aliphatic hydroxyl groups excluding tert-OH is 1. The van der Waals surface area contributed by atoms with Crippen LogP contribution in [0.2, 0.25) is 0 Å². The van der Waals surface area contributed by atoms with Crippen LogP contribution >= 0.6 is 15.9 Å². The molecule has 1 atom stereocenters. The number of fused-ring (bicyclic) bond motifs is 1. The fourth-order valence-electron chi connectivity index (χ4n) is 4.31. The smallest absolute Gasteiger partial charge is 0.290 e. The van der Waals surface area contributed by atoms with E-state index in [9.17, 15) is 14.7 Å². The molecule has 0 saturated heterocycles. The Balaban J connectivity index is 1.79. The summed E-state index contributed by atoms with van der Waals surface area (Å²) in [6, 6.07) is 11.4. The Bertz CT molecular complexity index is 1330. The number of furan rings is 1. The topological polar surface area (TPSA) is 98.4 Å². The van der Waals surface area contributed by atoms with E-state index in [1.54, 1.807) is 37.4 Å². The highest BCUT2D eigenvalue weighted by molar-refractivity contribution is 9.10. The van der Waals surface area contributed by atoms with Crippen molar-refractivity contribution in [2.75, 3.05) is 27.4 Å². The normalized spacial score (nSPS) is 15.9. The van der Waals surface area contributed by atoms with Gasteiger partial charge in [0.15, 0.2) is 23.0 Å². The number of hydrogen-bond acceptors (Lipinski definition) is 7. The summed E-state index contributed by atoms with van der Waals surface area (Å²) in [5.74, 6) is -0.750. The average Bonchev–Trinajstić information content (AvgIpc) is 3.37. The third-order valence-electron chi connectivity index (χ3n) is 5.86. The second-order valence-corrected chi connectivity index (χ2v) is 9.62. The Morgan fingerprint density at radius 1 is 1.14 bits per heavy atom. The molecule has 36 heavy (non-hydrogen) atoms. The monoisotopic (exact) mass is 557 g/mol. The second kappa shape index (κ2) is 10.8. The Morgan fingerprint density at radius 3 is 2.61 bits per heavy atom. The third-order valence-corrected chi connectivity index (χ3v) is 6.36. The first kappa shape index (κ1) is 25.8. The van der Waals surface area contributed by atoms with Crippen LogP contribution in [-0.2, 0) is 9.53 Å². The molecule has 3 aromatic rings. The zero-order valence-electron chi connectivity index (χ0n) is 20.5. The van der Waals surface area contributed by atoms with Crippen molar-refractivity contribution >= 4 is 38.6 Å². The van der Waals surface area contributed by atoms with Crippen molar-refractivity contribution in [3.05, 3.63) is 69.6 Å². The summed E-state index contributed by atoms with van der Waals surface area (Å²) in [6.45, 7) is 4.51. The molecule has 4 rings (SSSR count). The van der Waals surface area contributed by atoms with Crippen molar-refractivity contribution in [3.8, 4) is 11.5 Å². The minimum atomic E-state index is -0.844. The molecule has 8 nitrogen and oxygen atoms in total. The summed E-state index contributed by atoms with van der Waals surface area (Å²) in [5, 5.41) is 11.6. The van der Waals surface area contributed by atoms with Crippen LogP contribution in [0, 0.1) is 0 Å². The van der Waals surface area contributed by atoms with Crippen molar-refractivity contribution in [1.82, 2.24) is 4.90 Å². The van der Waals surface area contributed by atoms with E-state index in [4.69, 9.17) is 18.6 Å². The van der Waals surface area contributed by atoms with Gasteiger partial charge in [0, 0.05) is 30.1 Å². The van der Waals surface area contributed by atoms with Crippen LogP contribution in [0.4, 0.5) is 0 Å². The van der Waals surface area contributed by atoms with Gasteiger partial charge in [-0.05, 0) is 62.2 Å². The molecule has 1 unspecified atom stereocenters. The molecule has 0 radical (unpaired) electrons. The Morgan fingerprint density at radius 2 is 1.92 bits per heavy atom. The van der Waals surface area contributed by atoms with Gasteiger partial charge in [-0.2, -0.15) is 0 Å². The lowest BCUT2D eigenvalue weighted by atomic mass is 9.94. The number of ketones is 1. The first-order chi connectivity index (χ1) is 17.2. The van der Waals surface area contributed by atoms with Gasteiger partial charge in [-0.25, -0.2) is 0 Å². The number of ether oxygens (including phenoxy) is 3. The number of hydrogen-bond donors (Lipinski definition) is 1. The number of carbonyl (C=O) groups is 2. The molecule has 1 N–H and O–H groups in total. The van der Waals surface area contributed by atoms with Gasteiger partial charge in [-0.15, -0.1) is 0 Å². The number of rotatable bonds is 10. The molecule has 9 heteroatoms. The van der Waals surface area contributed by atoms with E-state index >= 15 is 0 Å². The highest BCUT2D eigenvalue weighted by atomic mass is 79.9. The molecule has 2 aromatic carbocycles. The standard InChI is InChI=1S/C27H28BrNO7/c1-15(2)35-20-8-6-16(13-21(20)34-4)24-23(26(31)27(32)29(24)10-5-11-33-3)25(30)22-14-17-12-18(28)7-9-19(17)36-22/h6-9,12-15,24,31H,5,10-11H2,1-4H3. The molecule has 2 heterocycles. The molecule has 0 saturated carbocycles. The van der Waals surface area contributed by atoms with Crippen LogP contribution < -0.4 is 9.47 Å². The minimum absolute atomic E-state index is 0.0351. The lowest BCUT2D eigenvalue weighted by Crippen LogP contribution is -2.32. The van der Waals surface area contributed by atoms with Gasteiger partial charge in [0.1, 0.15) is 5.58 Å². The predicted molar refractivity (Wildman–Crippen MR) is 138 cm³/mol. The van der Waals surface area contributed by atoms with Gasteiger partial charge < -0.3 is 28.6 Å². The number of nitrogens with zero attached hydrogens (tertiary/aromatic N) is 1. The zero-order chi connectivity index (χ0) is 26.0. The zero-order valence-corrected chi connectivity index (χ0v) is 22.1. The van der Waals surface area contributed by atoms with Crippen LogP contribution in [0.5, 0.6) is 11.5 Å². The summed E-state index contributed by atoms with van der Waals surface area (Å²) in [5.41, 5.74) is 1.08. The number of methoxy groups -OCH3 is 2. The fourth-order valence-corrected chi connectivity index (χ4v) is 4.69. The minimum Gasteiger partial charge on any atom is -0.503 e. The quantitative estimate of drug-likeness (QED) is 0.255. The first-order valence-electron chi connectivity index (χ1n) is 11.6. The molecule has 0 bridgehead atoms. The maximum Gasteiger partial charge on any atom is 0.290 e. The van der Waals surface area contributed by atoms with Crippen molar-refractivity contribution in [2.45, 2.75) is 32.4 Å². The molecule has 190 valence electrons. The predicted octanol–water partition coefficient (Wildman–Crippen LogP) is 5.61. The van der Waals surface area contributed by atoms with Gasteiger partial charge in [-0.3, -0.25) is 9.59 Å². The second-order valence-electron chi connectivity index (χ2n) is 8.71. The molecular formula is C27H28BrNO7. The van der Waals surface area contributed by atoms with E-state index in [2.05, 4.69) is 15.9 Å². The largest absolute Gasteiger partial charge is 0.503 e. The van der Waals surface area contributed by atoms with Crippen LogP contribution in [-0.4, -0.2) is 55.2 Å². The molecule has 0 aliphatic carbocycles. The number of carbonyl (C=O) groups excluding carboxylic acids is 2. The van der Waals surface area contributed by atoms with Gasteiger partial charge in [0.2, 0.25) is 5.78 Å². The molecule has 1 aromatic heterocycles. The van der Waals surface area contributed by atoms with Crippen LogP contribution in [0.25, 0.3) is 11.0 Å². The van der Waals surface area contributed by atoms with Crippen LogP contribution in [0.1, 0.15) is 42.4 Å². The number of amides is 1. The van der Waals surface area contributed by atoms with Crippen molar-refractivity contribution < 1.29 is 33.3 Å². The maximum atomic E-state index is 13.7. The fraction of sp³-hybridized carbons (Fsp3) is 0.333.